The Labute approximate surface area is 158 Å². The molecular formula is C14H19NaO7S. The van der Waals surface area contributed by atoms with Crippen LogP contribution in [0.2, 0.25) is 0 Å². The number of carboxylic acids is 1. The standard InChI is InChI=1S/C14H18O7S.Na.H/c1-3-5-10(4-2)21-14(17)11-7-6-9(13(15)16)8-12(11)22(18,19)20;;/h6-8,10H,3-5H2,1-2H3,(H,15,16)(H,18,19,20);;/q;+1;-1. The molecule has 1 aromatic carbocycles. The van der Waals surface area contributed by atoms with Crippen molar-refractivity contribution in [3.8, 4) is 0 Å². The van der Waals surface area contributed by atoms with Crippen LogP contribution in [0.1, 0.15) is 55.3 Å². The van der Waals surface area contributed by atoms with Crippen molar-refractivity contribution >= 4 is 22.1 Å². The molecule has 0 heterocycles. The molecule has 0 aromatic heterocycles. The Morgan fingerprint density at radius 2 is 1.91 bits per heavy atom. The van der Waals surface area contributed by atoms with Gasteiger partial charge in [0, 0.05) is 0 Å². The van der Waals surface area contributed by atoms with Gasteiger partial charge in [-0.05, 0) is 31.0 Å². The summed E-state index contributed by atoms with van der Waals surface area (Å²) in [6, 6.07) is 2.83. The SMILES string of the molecule is CCCC(CC)OC(=O)c1ccc(C(=O)O)cc1S(=O)(=O)O.[H-].[Na+]. The van der Waals surface area contributed by atoms with Gasteiger partial charge in [-0.1, -0.05) is 20.3 Å². The largest absolute Gasteiger partial charge is 1.00 e. The summed E-state index contributed by atoms with van der Waals surface area (Å²) in [5.74, 6) is -2.29. The number of benzene rings is 1. The van der Waals surface area contributed by atoms with Gasteiger partial charge in [0.15, 0.2) is 0 Å². The van der Waals surface area contributed by atoms with E-state index in [1.165, 1.54) is 0 Å². The van der Waals surface area contributed by atoms with Crippen LogP contribution in [0.15, 0.2) is 23.1 Å². The third kappa shape index (κ3) is 6.23. The van der Waals surface area contributed by atoms with E-state index in [1.54, 1.807) is 0 Å². The molecule has 7 nitrogen and oxygen atoms in total. The Kier molecular flexibility index (Phi) is 9.01. The van der Waals surface area contributed by atoms with E-state index >= 15 is 0 Å². The summed E-state index contributed by atoms with van der Waals surface area (Å²) in [4.78, 5) is 22.2. The number of rotatable bonds is 7. The fourth-order valence-electron chi connectivity index (χ4n) is 1.92. The average molecular weight is 354 g/mol. The second kappa shape index (κ2) is 9.39. The van der Waals surface area contributed by atoms with Gasteiger partial charge >= 0.3 is 41.5 Å². The fourth-order valence-corrected chi connectivity index (χ4v) is 2.63. The van der Waals surface area contributed by atoms with Gasteiger partial charge in [-0.2, -0.15) is 8.42 Å². The van der Waals surface area contributed by atoms with E-state index in [2.05, 4.69) is 0 Å². The molecule has 1 unspecified atom stereocenters. The van der Waals surface area contributed by atoms with Crippen molar-refractivity contribution in [1.82, 2.24) is 0 Å². The average Bonchev–Trinajstić information content (AvgIpc) is 2.44. The van der Waals surface area contributed by atoms with Gasteiger partial charge in [0.2, 0.25) is 0 Å². The van der Waals surface area contributed by atoms with Crippen molar-refractivity contribution in [2.45, 2.75) is 44.1 Å². The number of aromatic carboxylic acids is 1. The number of hydrogen-bond acceptors (Lipinski definition) is 5. The molecule has 1 atom stereocenters. The molecule has 0 aliphatic heterocycles. The Balaban J connectivity index is 0. The zero-order chi connectivity index (χ0) is 16.9. The van der Waals surface area contributed by atoms with Crippen molar-refractivity contribution in [2.24, 2.45) is 0 Å². The van der Waals surface area contributed by atoms with Gasteiger partial charge in [0.1, 0.15) is 11.0 Å². The second-order valence-corrected chi connectivity index (χ2v) is 6.11. The minimum atomic E-state index is -4.75. The zero-order valence-corrected chi connectivity index (χ0v) is 16.1. The van der Waals surface area contributed by atoms with Gasteiger partial charge in [-0.25, -0.2) is 9.59 Å². The summed E-state index contributed by atoms with van der Waals surface area (Å²) >= 11 is 0. The molecule has 0 fully saturated rings. The van der Waals surface area contributed by atoms with Crippen LogP contribution in [0.3, 0.4) is 0 Å². The molecule has 0 aliphatic carbocycles. The van der Waals surface area contributed by atoms with Crippen molar-refractivity contribution in [2.75, 3.05) is 0 Å². The van der Waals surface area contributed by atoms with Gasteiger partial charge in [-0.3, -0.25) is 4.55 Å². The summed E-state index contributed by atoms with van der Waals surface area (Å²) in [6.07, 6.45) is 1.60. The molecule has 0 saturated heterocycles. The minimum absolute atomic E-state index is 0. The Hall–Kier alpha value is -0.930. The van der Waals surface area contributed by atoms with E-state index < -0.39 is 27.0 Å². The molecule has 0 aliphatic rings. The van der Waals surface area contributed by atoms with Gasteiger partial charge in [0.05, 0.1) is 11.1 Å². The van der Waals surface area contributed by atoms with Gasteiger partial charge in [0.25, 0.3) is 10.1 Å². The summed E-state index contributed by atoms with van der Waals surface area (Å²) < 4.78 is 37.1. The number of carbonyl (C=O) groups is 2. The first-order chi connectivity index (χ1) is 10.2. The van der Waals surface area contributed by atoms with Gasteiger partial charge in [-0.15, -0.1) is 0 Å². The monoisotopic (exact) mass is 354 g/mol. The maximum Gasteiger partial charge on any atom is 1.00 e. The van der Waals surface area contributed by atoms with Crippen LogP contribution in [0.5, 0.6) is 0 Å². The predicted octanol–water partition coefficient (Wildman–Crippen LogP) is -0.516. The summed E-state index contributed by atoms with van der Waals surface area (Å²) in [5, 5.41) is 8.87. The second-order valence-electron chi connectivity index (χ2n) is 4.72. The van der Waals surface area contributed by atoms with E-state index in [-0.39, 0.29) is 48.2 Å². The smallest absolute Gasteiger partial charge is 1.00 e. The van der Waals surface area contributed by atoms with Crippen LogP contribution < -0.4 is 29.6 Å². The first-order valence-corrected chi connectivity index (χ1v) is 8.20. The Morgan fingerprint density at radius 3 is 2.35 bits per heavy atom. The first-order valence-electron chi connectivity index (χ1n) is 6.76. The maximum atomic E-state index is 12.1. The van der Waals surface area contributed by atoms with Crippen LogP contribution in [0.25, 0.3) is 0 Å². The first kappa shape index (κ1) is 22.1. The maximum absolute atomic E-state index is 12.1. The number of ether oxygens (including phenoxy) is 1. The third-order valence-electron chi connectivity index (χ3n) is 3.07. The molecule has 23 heavy (non-hydrogen) atoms. The van der Waals surface area contributed by atoms with Gasteiger partial charge < -0.3 is 11.3 Å². The molecular weight excluding hydrogens is 335 g/mol. The molecule has 9 heteroatoms. The Morgan fingerprint density at radius 1 is 1.30 bits per heavy atom. The van der Waals surface area contributed by atoms with E-state index in [9.17, 15) is 22.6 Å². The predicted molar refractivity (Wildman–Crippen MR) is 78.7 cm³/mol. The molecule has 0 radical (unpaired) electrons. The molecule has 1 rings (SSSR count). The molecule has 0 bridgehead atoms. The van der Waals surface area contributed by atoms with Crippen LogP contribution in [0.4, 0.5) is 0 Å². The van der Waals surface area contributed by atoms with Crippen molar-refractivity contribution in [3.05, 3.63) is 29.3 Å². The fraction of sp³-hybridized carbons (Fsp3) is 0.429. The van der Waals surface area contributed by atoms with Crippen LogP contribution >= 0.6 is 0 Å². The molecule has 1 aromatic rings. The van der Waals surface area contributed by atoms with E-state index in [0.29, 0.717) is 12.8 Å². The molecule has 0 amide bonds. The van der Waals surface area contributed by atoms with Crippen LogP contribution in [0, 0.1) is 0 Å². The number of carboxylic acid groups (broad SMARTS) is 1. The van der Waals surface area contributed by atoms with Crippen molar-refractivity contribution < 1.29 is 63.4 Å². The molecule has 124 valence electrons. The Bertz CT molecular complexity index is 676. The molecule has 0 spiro atoms. The number of hydrogen-bond donors (Lipinski definition) is 2. The normalized spacial score (nSPS) is 12.1. The summed E-state index contributed by atoms with van der Waals surface area (Å²) in [6.45, 7) is 3.74. The van der Waals surface area contributed by atoms with Crippen molar-refractivity contribution in [3.63, 3.8) is 0 Å². The topological polar surface area (TPSA) is 118 Å². The van der Waals surface area contributed by atoms with E-state index in [4.69, 9.17) is 9.84 Å². The van der Waals surface area contributed by atoms with E-state index in [1.807, 2.05) is 13.8 Å². The van der Waals surface area contributed by atoms with E-state index in [0.717, 1.165) is 24.6 Å². The summed E-state index contributed by atoms with van der Waals surface area (Å²) in [7, 11) is -4.75. The minimum Gasteiger partial charge on any atom is -1.00 e. The number of carbonyl (C=O) groups excluding carboxylic acids is 1. The van der Waals surface area contributed by atoms with Crippen LogP contribution in [-0.2, 0) is 14.9 Å². The quantitative estimate of drug-likeness (QED) is 0.384. The summed E-state index contributed by atoms with van der Waals surface area (Å²) in [5.41, 5.74) is -0.744. The van der Waals surface area contributed by atoms with Crippen molar-refractivity contribution in [1.29, 1.82) is 0 Å². The molecule has 2 N–H and O–H groups in total. The molecule has 0 saturated carbocycles. The van der Waals surface area contributed by atoms with Crippen LogP contribution in [-0.4, -0.2) is 36.1 Å². The zero-order valence-electron chi connectivity index (χ0n) is 14.3. The third-order valence-corrected chi connectivity index (χ3v) is 3.96. The number of esters is 1.